The van der Waals surface area contributed by atoms with E-state index in [9.17, 15) is 28.3 Å². The number of nitrogens with two attached hydrogens (primary N) is 1. The minimum Gasteiger partial charge on any atom is -0.394 e. The minimum absolute atomic E-state index is 0.120. The second-order valence-electron chi connectivity index (χ2n) is 10.3. The second-order valence-corrected chi connectivity index (χ2v) is 11.2. The fraction of sp³-hybridized carbons (Fsp3) is 0.310. The van der Waals surface area contributed by atoms with Crippen molar-refractivity contribution in [2.45, 2.75) is 37.1 Å². The lowest BCUT2D eigenvalue weighted by atomic mass is 10.0. The van der Waals surface area contributed by atoms with Gasteiger partial charge < -0.3 is 31.1 Å². The number of aliphatic hydroxyl groups is 1. The van der Waals surface area contributed by atoms with Gasteiger partial charge in [-0.1, -0.05) is 30.3 Å². The number of rotatable bonds is 10. The maximum Gasteiger partial charge on any atom is 0.345 e. The Labute approximate surface area is 252 Å². The van der Waals surface area contributed by atoms with Gasteiger partial charge in [-0.2, -0.15) is 17.6 Å². The maximum atomic E-state index is 15.1. The smallest absolute Gasteiger partial charge is 0.345 e. The summed E-state index contributed by atoms with van der Waals surface area (Å²) in [5.41, 5.74) is 5.86. The van der Waals surface area contributed by atoms with Crippen molar-refractivity contribution >= 4 is 34.9 Å². The third-order valence-electron chi connectivity index (χ3n) is 7.53. The third-order valence-corrected chi connectivity index (χ3v) is 8.58. The lowest BCUT2D eigenvalue weighted by Crippen LogP contribution is -2.49. The number of alkyl halides is 4. The van der Waals surface area contributed by atoms with Crippen LogP contribution in [0.1, 0.15) is 44.4 Å². The standard InChI is InChI=1S/C29H27F4N5O5S/c30-28(31)43-16-9-22(27(42)37-21(12-39)23-8-15(13-44-23)25(34)35)38(11-16)24(40)10-36-26(41)14-5-6-18-17-3-1-2-4-19(17)29(32,33)20(18)7-14/h1-8,13,16,21-22,28,39H,9-12H2,(H3,34,35)(H,36,41)(H,37,42)/t16-,21-,22+/m1/s1. The highest BCUT2D eigenvalue weighted by Gasteiger charge is 2.45. The van der Waals surface area contributed by atoms with Gasteiger partial charge in [-0.15, -0.1) is 11.3 Å². The van der Waals surface area contributed by atoms with E-state index in [0.29, 0.717) is 16.0 Å². The number of amides is 3. The molecule has 1 saturated heterocycles. The Morgan fingerprint density at radius 3 is 2.52 bits per heavy atom. The van der Waals surface area contributed by atoms with E-state index in [1.807, 2.05) is 0 Å². The van der Waals surface area contributed by atoms with Crippen molar-refractivity contribution in [2.75, 3.05) is 19.7 Å². The Kier molecular flexibility index (Phi) is 8.72. The highest BCUT2D eigenvalue weighted by atomic mass is 32.1. The zero-order valence-electron chi connectivity index (χ0n) is 22.9. The molecule has 1 fully saturated rings. The maximum absolute atomic E-state index is 15.1. The molecule has 10 nitrogen and oxygen atoms in total. The largest absolute Gasteiger partial charge is 0.394 e. The fourth-order valence-electron chi connectivity index (χ4n) is 5.39. The van der Waals surface area contributed by atoms with Gasteiger partial charge in [0, 0.05) is 45.5 Å². The van der Waals surface area contributed by atoms with E-state index in [1.54, 1.807) is 17.5 Å². The topological polar surface area (TPSA) is 158 Å². The zero-order valence-corrected chi connectivity index (χ0v) is 23.7. The first kappa shape index (κ1) is 31.1. The number of nitrogens with one attached hydrogen (secondary N) is 3. The highest BCUT2D eigenvalue weighted by molar-refractivity contribution is 7.10. The van der Waals surface area contributed by atoms with Crippen molar-refractivity contribution < 1.29 is 41.8 Å². The zero-order chi connectivity index (χ0) is 31.8. The SMILES string of the molecule is N=C(N)c1csc([C@@H](CO)NC(=O)[C@@H]2C[C@@H](OC(F)F)CN2C(=O)CNC(=O)c2ccc3c(c2)C(F)(F)c2ccccc2-3)c1. The molecule has 3 atom stereocenters. The Morgan fingerprint density at radius 1 is 1.11 bits per heavy atom. The van der Waals surface area contributed by atoms with Gasteiger partial charge in [0.2, 0.25) is 11.8 Å². The van der Waals surface area contributed by atoms with Crippen molar-refractivity contribution in [1.29, 1.82) is 5.41 Å². The molecule has 2 aliphatic rings. The molecule has 3 amide bonds. The van der Waals surface area contributed by atoms with Crippen LogP contribution in [0.3, 0.4) is 0 Å². The van der Waals surface area contributed by atoms with Crippen LogP contribution >= 0.6 is 11.3 Å². The molecule has 0 radical (unpaired) electrons. The lowest BCUT2D eigenvalue weighted by Gasteiger charge is -2.25. The predicted octanol–water partition coefficient (Wildman–Crippen LogP) is 2.94. The third kappa shape index (κ3) is 6.02. The minimum atomic E-state index is -3.32. The van der Waals surface area contributed by atoms with Crippen molar-refractivity contribution in [3.05, 3.63) is 81.0 Å². The molecule has 1 aliphatic heterocycles. The van der Waals surface area contributed by atoms with Crippen LogP contribution in [-0.2, 0) is 20.2 Å². The van der Waals surface area contributed by atoms with Crippen LogP contribution < -0.4 is 16.4 Å². The molecule has 1 aliphatic carbocycles. The van der Waals surface area contributed by atoms with Crippen molar-refractivity contribution in [2.24, 2.45) is 5.73 Å². The summed E-state index contributed by atoms with van der Waals surface area (Å²) in [4.78, 5) is 40.7. The molecular formula is C29H27F4N5O5S. The predicted molar refractivity (Wildman–Crippen MR) is 152 cm³/mol. The molecule has 0 bridgehead atoms. The van der Waals surface area contributed by atoms with E-state index in [2.05, 4.69) is 15.4 Å². The first-order chi connectivity index (χ1) is 20.9. The summed E-state index contributed by atoms with van der Waals surface area (Å²) in [6, 6.07) is 9.13. The van der Waals surface area contributed by atoms with E-state index in [-0.39, 0.29) is 41.1 Å². The Bertz CT molecular complexity index is 1620. The molecule has 0 unspecified atom stereocenters. The average molecular weight is 634 g/mol. The normalized spacial score (nSPS) is 18.9. The summed E-state index contributed by atoms with van der Waals surface area (Å²) >= 11 is 1.13. The van der Waals surface area contributed by atoms with Crippen LogP contribution in [0.4, 0.5) is 17.6 Å². The van der Waals surface area contributed by atoms with Gasteiger partial charge in [0.25, 0.3) is 11.8 Å². The first-order valence-corrected chi connectivity index (χ1v) is 14.3. The van der Waals surface area contributed by atoms with Crippen LogP contribution in [0.2, 0.25) is 0 Å². The van der Waals surface area contributed by atoms with Crippen LogP contribution in [-0.4, -0.2) is 72.0 Å². The summed E-state index contributed by atoms with van der Waals surface area (Å²) in [5.74, 6) is -5.92. The van der Waals surface area contributed by atoms with Gasteiger partial charge in [0.1, 0.15) is 11.9 Å². The number of carbonyl (C=O) groups excluding carboxylic acids is 3. The van der Waals surface area contributed by atoms with E-state index in [0.717, 1.165) is 22.3 Å². The molecule has 6 N–H and O–H groups in total. The van der Waals surface area contributed by atoms with Crippen LogP contribution in [0.5, 0.6) is 0 Å². The summed E-state index contributed by atoms with van der Waals surface area (Å²) in [6.45, 7) is -4.74. The number of halogens is 4. The van der Waals surface area contributed by atoms with Gasteiger partial charge in [0.15, 0.2) is 0 Å². The van der Waals surface area contributed by atoms with Gasteiger partial charge in [-0.25, -0.2) is 0 Å². The molecule has 15 heteroatoms. The fourth-order valence-corrected chi connectivity index (χ4v) is 6.34. The molecule has 44 heavy (non-hydrogen) atoms. The van der Waals surface area contributed by atoms with E-state index >= 15 is 8.78 Å². The molecule has 5 rings (SSSR count). The number of hydrogen-bond acceptors (Lipinski definition) is 7. The second kappa shape index (κ2) is 12.3. The van der Waals surface area contributed by atoms with Crippen molar-refractivity contribution in [3.8, 4) is 11.1 Å². The number of nitrogen functional groups attached to an aromatic ring is 1. The molecule has 1 aromatic heterocycles. The van der Waals surface area contributed by atoms with Crippen LogP contribution in [0.15, 0.2) is 53.9 Å². The number of nitrogens with zero attached hydrogens (tertiary/aromatic N) is 1. The molecule has 0 spiro atoms. The molecule has 3 aromatic rings. The number of carbonyl (C=O) groups is 3. The van der Waals surface area contributed by atoms with Crippen LogP contribution in [0, 0.1) is 5.41 Å². The Hall–Kier alpha value is -4.34. The van der Waals surface area contributed by atoms with Crippen molar-refractivity contribution in [3.63, 3.8) is 0 Å². The number of likely N-dealkylation sites (tertiary alicyclic amines) is 1. The average Bonchev–Trinajstić information content (AvgIpc) is 3.70. The summed E-state index contributed by atoms with van der Waals surface area (Å²) in [7, 11) is 0. The molecule has 232 valence electrons. The molecule has 0 saturated carbocycles. The van der Waals surface area contributed by atoms with E-state index in [4.69, 9.17) is 11.1 Å². The number of fused-ring (bicyclic) bond motifs is 3. The Morgan fingerprint density at radius 2 is 1.84 bits per heavy atom. The number of thiophene rings is 1. The molecular weight excluding hydrogens is 606 g/mol. The van der Waals surface area contributed by atoms with Gasteiger partial charge >= 0.3 is 6.61 Å². The first-order valence-electron chi connectivity index (χ1n) is 13.4. The van der Waals surface area contributed by atoms with Crippen LogP contribution in [0.25, 0.3) is 11.1 Å². The number of amidine groups is 1. The lowest BCUT2D eigenvalue weighted by molar-refractivity contribution is -0.160. The van der Waals surface area contributed by atoms with Crippen molar-refractivity contribution in [1.82, 2.24) is 15.5 Å². The number of hydrogen-bond donors (Lipinski definition) is 5. The summed E-state index contributed by atoms with van der Waals surface area (Å²) in [6.07, 6.45) is -1.47. The van der Waals surface area contributed by atoms with E-state index < -0.39 is 61.6 Å². The monoisotopic (exact) mass is 633 g/mol. The quantitative estimate of drug-likeness (QED) is 0.131. The molecule has 2 aromatic carbocycles. The molecule has 2 heterocycles. The summed E-state index contributed by atoms with van der Waals surface area (Å²) < 4.78 is 60.7. The Balaban J connectivity index is 1.27. The number of ether oxygens (including phenoxy) is 1. The van der Waals surface area contributed by atoms with Gasteiger partial charge in [0.05, 0.1) is 25.3 Å². The van der Waals surface area contributed by atoms with Gasteiger partial charge in [-0.05, 0) is 29.3 Å². The highest BCUT2D eigenvalue weighted by Crippen LogP contribution is 2.50. The summed E-state index contributed by atoms with van der Waals surface area (Å²) in [5, 5.41) is 23.9. The van der Waals surface area contributed by atoms with E-state index in [1.165, 1.54) is 30.3 Å². The number of benzene rings is 2. The van der Waals surface area contributed by atoms with Gasteiger partial charge in [-0.3, -0.25) is 19.8 Å². The number of aliphatic hydroxyl groups excluding tert-OH is 1.